The molecule has 0 atom stereocenters. The van der Waals surface area contributed by atoms with E-state index in [2.05, 4.69) is 15.4 Å². The Hall–Kier alpha value is -3.67. The molecule has 27 heavy (non-hydrogen) atoms. The number of pyridine rings is 1. The topological polar surface area (TPSA) is 79.8 Å². The second-order valence-corrected chi connectivity index (χ2v) is 6.19. The molecule has 2 aromatic heterocycles. The first-order chi connectivity index (χ1) is 13.2. The third-order valence-corrected chi connectivity index (χ3v) is 4.33. The lowest BCUT2D eigenvalue weighted by Gasteiger charge is -2.05. The minimum atomic E-state index is -0.389. The summed E-state index contributed by atoms with van der Waals surface area (Å²) in [4.78, 5) is 27.2. The maximum absolute atomic E-state index is 12.4. The van der Waals surface area contributed by atoms with Crippen molar-refractivity contribution in [1.82, 2.24) is 20.1 Å². The average Bonchev–Trinajstić information content (AvgIpc) is 3.17. The number of aromatic nitrogens is 3. The van der Waals surface area contributed by atoms with Gasteiger partial charge in [0.2, 0.25) is 0 Å². The molecule has 0 aliphatic heterocycles. The number of nitrogens with zero attached hydrogens (tertiary/aromatic N) is 2. The maximum Gasteiger partial charge on any atom is 0.261 e. The number of hydrogen-bond donors (Lipinski definition) is 2. The van der Waals surface area contributed by atoms with Crippen molar-refractivity contribution in [2.45, 2.75) is 6.42 Å². The van der Waals surface area contributed by atoms with Crippen LogP contribution in [0.15, 0.2) is 77.7 Å². The van der Waals surface area contributed by atoms with Crippen molar-refractivity contribution in [3.63, 3.8) is 0 Å². The summed E-state index contributed by atoms with van der Waals surface area (Å²) in [6.07, 6.45) is 2.47. The van der Waals surface area contributed by atoms with E-state index in [0.717, 1.165) is 16.8 Å². The molecule has 0 saturated heterocycles. The molecule has 6 nitrogen and oxygen atoms in total. The van der Waals surface area contributed by atoms with E-state index in [0.29, 0.717) is 18.5 Å². The molecule has 2 aromatic carbocycles. The summed E-state index contributed by atoms with van der Waals surface area (Å²) >= 11 is 0. The minimum Gasteiger partial charge on any atom is -0.351 e. The lowest BCUT2D eigenvalue weighted by molar-refractivity contribution is 0.0952. The number of nitrogens with one attached hydrogen (secondary N) is 2. The Bertz CT molecular complexity index is 1150. The number of carbonyl (C=O) groups is 1. The molecule has 1 amide bonds. The summed E-state index contributed by atoms with van der Waals surface area (Å²) in [7, 11) is 0. The predicted molar refractivity (Wildman–Crippen MR) is 104 cm³/mol. The van der Waals surface area contributed by atoms with Crippen LogP contribution in [0, 0.1) is 0 Å². The van der Waals surface area contributed by atoms with Gasteiger partial charge in [0.05, 0.1) is 11.4 Å². The van der Waals surface area contributed by atoms with Crippen LogP contribution in [0.1, 0.15) is 16.1 Å². The minimum absolute atomic E-state index is 0.114. The fourth-order valence-electron chi connectivity index (χ4n) is 2.93. The van der Waals surface area contributed by atoms with Crippen LogP contribution in [0.3, 0.4) is 0 Å². The fourth-order valence-corrected chi connectivity index (χ4v) is 2.93. The Morgan fingerprint density at radius 2 is 1.81 bits per heavy atom. The van der Waals surface area contributed by atoms with E-state index in [4.69, 9.17) is 0 Å². The Labute approximate surface area is 155 Å². The Balaban J connectivity index is 1.41. The number of H-pyrrole nitrogens is 1. The van der Waals surface area contributed by atoms with Gasteiger partial charge in [-0.1, -0.05) is 36.4 Å². The Morgan fingerprint density at radius 1 is 1.04 bits per heavy atom. The van der Waals surface area contributed by atoms with Gasteiger partial charge in [0.25, 0.3) is 11.5 Å². The first-order valence-corrected chi connectivity index (χ1v) is 8.71. The monoisotopic (exact) mass is 358 g/mol. The lowest BCUT2D eigenvalue weighted by Crippen LogP contribution is -2.31. The summed E-state index contributed by atoms with van der Waals surface area (Å²) in [5, 5.41) is 8.12. The van der Waals surface area contributed by atoms with Crippen LogP contribution in [0.2, 0.25) is 0 Å². The van der Waals surface area contributed by atoms with Gasteiger partial charge in [-0.25, -0.2) is 4.68 Å². The molecule has 0 aliphatic carbocycles. The van der Waals surface area contributed by atoms with Crippen LogP contribution in [0.4, 0.5) is 0 Å². The largest absolute Gasteiger partial charge is 0.351 e. The number of carbonyl (C=O) groups excluding carboxylic acids is 1. The number of para-hydroxylation sites is 2. The summed E-state index contributed by atoms with van der Waals surface area (Å²) in [5.74, 6) is -0.385. The summed E-state index contributed by atoms with van der Waals surface area (Å²) in [6.45, 7) is 0.400. The van der Waals surface area contributed by atoms with E-state index in [9.17, 15) is 9.59 Å². The molecule has 0 bridgehead atoms. The highest BCUT2D eigenvalue weighted by Crippen LogP contribution is 2.10. The fraction of sp³-hybridized carbons (Fsp3) is 0.0952. The second kappa shape index (κ2) is 7.29. The highest BCUT2D eigenvalue weighted by molar-refractivity contribution is 5.97. The van der Waals surface area contributed by atoms with Gasteiger partial charge < -0.3 is 10.3 Å². The quantitative estimate of drug-likeness (QED) is 0.576. The van der Waals surface area contributed by atoms with Gasteiger partial charge in [-0.15, -0.1) is 0 Å². The average molecular weight is 358 g/mol. The van der Waals surface area contributed by atoms with Crippen molar-refractivity contribution in [3.05, 3.63) is 94.5 Å². The van der Waals surface area contributed by atoms with Gasteiger partial charge in [0, 0.05) is 24.7 Å². The standard InChI is InChI=1S/C21H18N4O2/c26-20(18-14-15-6-4-5-9-19(15)23-21(18)27)22-12-10-16-11-13-25(24-16)17-7-2-1-3-8-17/h1-9,11,13-14H,10,12H2,(H,22,26)(H,23,27). The summed E-state index contributed by atoms with van der Waals surface area (Å²) in [5.41, 5.74) is 2.29. The van der Waals surface area contributed by atoms with Gasteiger partial charge in [-0.2, -0.15) is 5.10 Å². The zero-order valence-electron chi connectivity index (χ0n) is 14.6. The Kier molecular flexibility index (Phi) is 4.53. The lowest BCUT2D eigenvalue weighted by atomic mass is 10.1. The molecular formula is C21H18N4O2. The molecule has 0 aliphatic rings. The molecule has 2 N–H and O–H groups in total. The van der Waals surface area contributed by atoms with Crippen LogP contribution in [-0.2, 0) is 6.42 Å². The molecule has 0 spiro atoms. The van der Waals surface area contributed by atoms with Crippen molar-refractivity contribution in [2.75, 3.05) is 6.54 Å². The molecule has 134 valence electrons. The van der Waals surface area contributed by atoms with Gasteiger partial charge in [-0.3, -0.25) is 9.59 Å². The highest BCUT2D eigenvalue weighted by Gasteiger charge is 2.11. The van der Waals surface area contributed by atoms with E-state index >= 15 is 0 Å². The molecule has 0 unspecified atom stereocenters. The van der Waals surface area contributed by atoms with Crippen LogP contribution in [-0.4, -0.2) is 27.2 Å². The number of aromatic amines is 1. The number of rotatable bonds is 5. The third kappa shape index (κ3) is 3.64. The van der Waals surface area contributed by atoms with Crippen molar-refractivity contribution >= 4 is 16.8 Å². The molecule has 4 rings (SSSR count). The predicted octanol–water partition coefficient (Wildman–Crippen LogP) is 2.69. The molecule has 6 heteroatoms. The van der Waals surface area contributed by atoms with Crippen molar-refractivity contribution < 1.29 is 4.79 Å². The van der Waals surface area contributed by atoms with Gasteiger partial charge in [-0.05, 0) is 35.7 Å². The highest BCUT2D eigenvalue weighted by atomic mass is 16.2. The zero-order valence-corrected chi connectivity index (χ0v) is 14.6. The van der Waals surface area contributed by atoms with Gasteiger partial charge in [0.1, 0.15) is 5.56 Å². The SMILES string of the molecule is O=C(NCCc1ccn(-c2ccccc2)n1)c1cc2ccccc2[nH]c1=O. The zero-order chi connectivity index (χ0) is 18.6. The van der Waals surface area contributed by atoms with E-state index in [1.165, 1.54) is 0 Å². The smallest absolute Gasteiger partial charge is 0.261 e. The summed E-state index contributed by atoms with van der Waals surface area (Å²) < 4.78 is 1.80. The molecular weight excluding hydrogens is 340 g/mol. The number of benzene rings is 2. The van der Waals surface area contributed by atoms with E-state index in [1.54, 1.807) is 10.7 Å². The molecule has 0 fully saturated rings. The molecule has 2 heterocycles. The Morgan fingerprint density at radius 3 is 2.67 bits per heavy atom. The second-order valence-electron chi connectivity index (χ2n) is 6.19. The maximum atomic E-state index is 12.4. The van der Waals surface area contributed by atoms with Crippen LogP contribution in [0.5, 0.6) is 0 Å². The normalized spacial score (nSPS) is 10.8. The van der Waals surface area contributed by atoms with Crippen LogP contribution in [0.25, 0.3) is 16.6 Å². The number of fused-ring (bicyclic) bond motifs is 1. The molecule has 0 radical (unpaired) electrons. The van der Waals surface area contributed by atoms with Crippen molar-refractivity contribution in [1.29, 1.82) is 0 Å². The first-order valence-electron chi connectivity index (χ1n) is 8.71. The number of hydrogen-bond acceptors (Lipinski definition) is 3. The van der Waals surface area contributed by atoms with Crippen LogP contribution >= 0.6 is 0 Å². The molecule has 4 aromatic rings. The van der Waals surface area contributed by atoms with Gasteiger partial charge >= 0.3 is 0 Å². The van der Waals surface area contributed by atoms with Crippen molar-refractivity contribution in [3.8, 4) is 5.69 Å². The first kappa shape index (κ1) is 16.8. The van der Waals surface area contributed by atoms with Gasteiger partial charge in [0.15, 0.2) is 0 Å². The van der Waals surface area contributed by atoms with E-state index < -0.39 is 0 Å². The number of amides is 1. The summed E-state index contributed by atoms with van der Waals surface area (Å²) in [6, 6.07) is 20.7. The van der Waals surface area contributed by atoms with E-state index in [-0.39, 0.29) is 17.0 Å². The molecule has 0 saturated carbocycles. The van der Waals surface area contributed by atoms with Crippen LogP contribution < -0.4 is 10.9 Å². The van der Waals surface area contributed by atoms with E-state index in [1.807, 2.05) is 66.9 Å². The van der Waals surface area contributed by atoms with Crippen molar-refractivity contribution in [2.24, 2.45) is 0 Å². The third-order valence-electron chi connectivity index (χ3n) is 4.33.